The van der Waals surface area contributed by atoms with Gasteiger partial charge >= 0.3 is 0 Å². The quantitative estimate of drug-likeness (QED) is 0.396. The molecule has 0 spiro atoms. The summed E-state index contributed by atoms with van der Waals surface area (Å²) >= 11 is 4.78. The fraction of sp³-hybridized carbons (Fsp3) is 0.667. The Morgan fingerprint density at radius 3 is 2.67 bits per heavy atom. The third kappa shape index (κ3) is 3.32. The molecular weight excluding hydrogens is 376 g/mol. The second kappa shape index (κ2) is 5.57. The molecule has 3 heteroatoms. The van der Waals surface area contributed by atoms with Crippen molar-refractivity contribution in [2.45, 2.75) is 19.8 Å². The number of hydrogen-bond donors (Lipinski definition) is 0. The van der Waals surface area contributed by atoms with E-state index < -0.39 is 0 Å². The Kier molecular flexibility index (Phi) is 5.08. The van der Waals surface area contributed by atoms with Crippen LogP contribution in [0, 0.1) is 5.92 Å². The summed E-state index contributed by atoms with van der Waals surface area (Å²) in [5.74, 6) is 0.788. The molecule has 0 radical (unpaired) electrons. The smallest absolute Gasteiger partial charge is 0.0509 e. The van der Waals surface area contributed by atoms with Gasteiger partial charge in [-0.15, -0.1) is 0 Å². The number of nitrogens with zero attached hydrogens (tertiary/aromatic N) is 1. The van der Waals surface area contributed by atoms with Crippen LogP contribution in [0.1, 0.15) is 19.8 Å². The lowest BCUT2D eigenvalue weighted by molar-refractivity contribution is 1.08. The molecule has 1 aliphatic carbocycles. The summed E-state index contributed by atoms with van der Waals surface area (Å²) in [5.41, 5.74) is 1.36. The Labute approximate surface area is 101 Å². The first kappa shape index (κ1) is 10.9. The lowest BCUT2D eigenvalue weighted by Crippen LogP contribution is -2.01. The molecule has 0 aromatic rings. The SMILES string of the molecule is CCN=C(/C(I)=C\CI)C1CC1. The molecule has 0 aliphatic heterocycles. The predicted octanol–water partition coefficient (Wildman–Crippen LogP) is 3.61. The van der Waals surface area contributed by atoms with Crippen LogP contribution < -0.4 is 0 Å². The van der Waals surface area contributed by atoms with Gasteiger partial charge in [-0.25, -0.2) is 0 Å². The van der Waals surface area contributed by atoms with Gasteiger partial charge in [0, 0.05) is 20.5 Å². The third-order valence-corrected chi connectivity index (χ3v) is 3.23. The summed E-state index contributed by atoms with van der Waals surface area (Å²) in [4.78, 5) is 4.54. The first-order valence-corrected chi connectivity index (χ1v) is 6.86. The van der Waals surface area contributed by atoms with Crippen molar-refractivity contribution in [3.05, 3.63) is 9.66 Å². The van der Waals surface area contributed by atoms with E-state index >= 15 is 0 Å². The molecule has 0 heterocycles. The Morgan fingerprint density at radius 2 is 2.25 bits per heavy atom. The topological polar surface area (TPSA) is 12.4 Å². The third-order valence-electron chi connectivity index (χ3n) is 1.79. The normalized spacial score (nSPS) is 19.9. The highest BCUT2D eigenvalue weighted by Crippen LogP contribution is 2.35. The molecule has 0 unspecified atom stereocenters. The average Bonchev–Trinajstić information content (AvgIpc) is 2.83. The second-order valence-corrected chi connectivity index (χ2v) is 4.88. The average molecular weight is 389 g/mol. The number of hydrogen-bond acceptors (Lipinski definition) is 1. The van der Waals surface area contributed by atoms with Gasteiger partial charge in [-0.3, -0.25) is 4.99 Å². The number of allylic oxidation sites excluding steroid dienone is 2. The van der Waals surface area contributed by atoms with Crippen LogP contribution in [-0.2, 0) is 0 Å². The van der Waals surface area contributed by atoms with Gasteiger partial charge in [0.2, 0.25) is 0 Å². The highest BCUT2D eigenvalue weighted by molar-refractivity contribution is 14.1. The molecule has 1 saturated carbocycles. The van der Waals surface area contributed by atoms with Crippen LogP contribution in [0.15, 0.2) is 14.6 Å². The van der Waals surface area contributed by atoms with Gasteiger partial charge in [0.05, 0.1) is 5.71 Å². The van der Waals surface area contributed by atoms with Crippen LogP contribution in [0.5, 0.6) is 0 Å². The number of alkyl halides is 1. The first-order chi connectivity index (χ1) is 5.79. The highest BCUT2D eigenvalue weighted by atomic mass is 127. The minimum absolute atomic E-state index is 0.788. The van der Waals surface area contributed by atoms with Crippen LogP contribution in [0.25, 0.3) is 0 Å². The van der Waals surface area contributed by atoms with E-state index in [-0.39, 0.29) is 0 Å². The zero-order chi connectivity index (χ0) is 8.97. The van der Waals surface area contributed by atoms with Gasteiger partial charge in [0.1, 0.15) is 0 Å². The maximum absolute atomic E-state index is 4.54. The molecular formula is C9H13I2N. The molecule has 0 amide bonds. The maximum Gasteiger partial charge on any atom is 0.0509 e. The summed E-state index contributed by atoms with van der Waals surface area (Å²) in [5, 5.41) is 0. The lowest BCUT2D eigenvalue weighted by Gasteiger charge is -2.02. The highest BCUT2D eigenvalue weighted by Gasteiger charge is 2.28. The van der Waals surface area contributed by atoms with Gasteiger partial charge < -0.3 is 0 Å². The Hall–Kier alpha value is 0.870. The van der Waals surface area contributed by atoms with E-state index in [0.29, 0.717) is 0 Å². The van der Waals surface area contributed by atoms with Crippen molar-refractivity contribution in [3.63, 3.8) is 0 Å². The number of aliphatic imine (C=N–C) groups is 1. The molecule has 1 fully saturated rings. The molecule has 1 aliphatic rings. The van der Waals surface area contributed by atoms with E-state index in [2.05, 4.69) is 63.2 Å². The van der Waals surface area contributed by atoms with Crippen LogP contribution in [-0.4, -0.2) is 16.7 Å². The summed E-state index contributed by atoms with van der Waals surface area (Å²) in [6, 6.07) is 0. The lowest BCUT2D eigenvalue weighted by atomic mass is 10.2. The molecule has 0 aromatic carbocycles. The standard InChI is InChI=1S/C9H13I2N/c1-2-12-9(7-3-4-7)8(11)5-6-10/h5,7H,2-4,6H2,1H3/b8-5+,12-9?. The van der Waals surface area contributed by atoms with Crippen molar-refractivity contribution in [3.8, 4) is 0 Å². The zero-order valence-electron chi connectivity index (χ0n) is 7.19. The molecule has 68 valence electrons. The molecule has 0 N–H and O–H groups in total. The minimum Gasteiger partial charge on any atom is -0.289 e. The van der Waals surface area contributed by atoms with Gasteiger partial charge in [-0.05, 0) is 42.4 Å². The molecule has 0 bridgehead atoms. The van der Waals surface area contributed by atoms with Gasteiger partial charge in [0.25, 0.3) is 0 Å². The summed E-state index contributed by atoms with van der Waals surface area (Å²) < 4.78 is 2.46. The van der Waals surface area contributed by atoms with Crippen LogP contribution >= 0.6 is 45.2 Å². The van der Waals surface area contributed by atoms with Crippen molar-refractivity contribution in [2.75, 3.05) is 11.0 Å². The van der Waals surface area contributed by atoms with E-state index in [1.54, 1.807) is 0 Å². The summed E-state index contributed by atoms with van der Waals surface area (Å²) in [7, 11) is 0. The molecule has 0 saturated heterocycles. The van der Waals surface area contributed by atoms with Crippen molar-refractivity contribution < 1.29 is 0 Å². The van der Waals surface area contributed by atoms with Gasteiger partial charge in [-0.2, -0.15) is 0 Å². The van der Waals surface area contributed by atoms with Crippen LogP contribution in [0.2, 0.25) is 0 Å². The maximum atomic E-state index is 4.54. The Morgan fingerprint density at radius 1 is 1.58 bits per heavy atom. The molecule has 1 rings (SSSR count). The monoisotopic (exact) mass is 389 g/mol. The largest absolute Gasteiger partial charge is 0.289 e. The second-order valence-electron chi connectivity index (χ2n) is 2.84. The number of rotatable bonds is 4. The molecule has 0 atom stereocenters. The molecule has 12 heavy (non-hydrogen) atoms. The molecule has 0 aromatic heterocycles. The Bertz CT molecular complexity index is 205. The zero-order valence-corrected chi connectivity index (χ0v) is 11.5. The van der Waals surface area contributed by atoms with Crippen LogP contribution in [0.4, 0.5) is 0 Å². The van der Waals surface area contributed by atoms with E-state index in [4.69, 9.17) is 0 Å². The van der Waals surface area contributed by atoms with E-state index in [1.807, 2.05) is 0 Å². The van der Waals surface area contributed by atoms with E-state index in [1.165, 1.54) is 22.1 Å². The molecule has 1 nitrogen and oxygen atoms in total. The van der Waals surface area contributed by atoms with Crippen molar-refractivity contribution in [1.82, 2.24) is 0 Å². The number of halogens is 2. The van der Waals surface area contributed by atoms with Crippen molar-refractivity contribution >= 4 is 50.9 Å². The van der Waals surface area contributed by atoms with Crippen LogP contribution in [0.3, 0.4) is 0 Å². The van der Waals surface area contributed by atoms with Crippen molar-refractivity contribution in [1.29, 1.82) is 0 Å². The summed E-state index contributed by atoms with van der Waals surface area (Å²) in [6.45, 7) is 3.03. The van der Waals surface area contributed by atoms with Gasteiger partial charge in [-0.1, -0.05) is 28.7 Å². The predicted molar refractivity (Wildman–Crippen MR) is 71.7 cm³/mol. The minimum atomic E-state index is 0.788. The van der Waals surface area contributed by atoms with E-state index in [0.717, 1.165) is 16.9 Å². The Balaban J connectivity index is 2.64. The fourth-order valence-electron chi connectivity index (χ4n) is 1.10. The first-order valence-electron chi connectivity index (χ1n) is 4.26. The summed E-state index contributed by atoms with van der Waals surface area (Å²) in [6.07, 6.45) is 4.95. The fourth-order valence-corrected chi connectivity index (χ4v) is 3.21. The van der Waals surface area contributed by atoms with E-state index in [9.17, 15) is 0 Å². The van der Waals surface area contributed by atoms with Gasteiger partial charge in [0.15, 0.2) is 0 Å². The van der Waals surface area contributed by atoms with Crippen molar-refractivity contribution in [2.24, 2.45) is 10.9 Å².